The summed E-state index contributed by atoms with van der Waals surface area (Å²) in [6.07, 6.45) is 14.7. The van der Waals surface area contributed by atoms with Crippen LogP contribution in [0.4, 0.5) is 11.8 Å². The zero-order chi connectivity index (χ0) is 24.3. The van der Waals surface area contributed by atoms with Crippen LogP contribution in [0.3, 0.4) is 0 Å². The van der Waals surface area contributed by atoms with Gasteiger partial charge in [0.05, 0.1) is 9.92 Å². The van der Waals surface area contributed by atoms with Gasteiger partial charge in [-0.3, -0.25) is 9.38 Å². The van der Waals surface area contributed by atoms with E-state index in [2.05, 4.69) is 35.6 Å². The minimum atomic E-state index is 0.0488. The van der Waals surface area contributed by atoms with Crippen molar-refractivity contribution in [1.82, 2.24) is 24.3 Å². The Morgan fingerprint density at radius 2 is 1.89 bits per heavy atom. The van der Waals surface area contributed by atoms with Crippen LogP contribution < -0.4 is 16.0 Å². The lowest BCUT2D eigenvalue weighted by molar-refractivity contribution is 0.186. The smallest absolute Gasteiger partial charge is 0.211 e. The molecule has 2 aliphatic carbocycles. The maximum Gasteiger partial charge on any atom is 0.211 e. The number of nitrogens with one attached hydrogen (secondary N) is 1. The van der Waals surface area contributed by atoms with Crippen molar-refractivity contribution in [3.8, 4) is 0 Å². The number of hydrogen-bond donors (Lipinski definition) is 2. The van der Waals surface area contributed by atoms with Gasteiger partial charge in [0.15, 0.2) is 5.65 Å². The minimum absolute atomic E-state index is 0.0488. The highest BCUT2D eigenvalue weighted by Gasteiger charge is 2.46. The number of nitrogens with zero attached hydrogens (tertiary/aromatic N) is 6. The van der Waals surface area contributed by atoms with Crippen LogP contribution in [0, 0.1) is 5.41 Å². The molecule has 3 aliphatic rings. The number of pyridine rings is 2. The number of piperidine rings is 1. The van der Waals surface area contributed by atoms with Gasteiger partial charge in [0.2, 0.25) is 5.95 Å². The molecule has 3 N–H and O–H groups in total. The Balaban J connectivity index is 1.12. The number of rotatable bonds is 5. The van der Waals surface area contributed by atoms with E-state index in [0.717, 1.165) is 59.6 Å². The van der Waals surface area contributed by atoms with Crippen molar-refractivity contribution in [2.45, 2.75) is 54.0 Å². The zero-order valence-electron chi connectivity index (χ0n) is 19.8. The van der Waals surface area contributed by atoms with E-state index in [-0.39, 0.29) is 11.5 Å². The Morgan fingerprint density at radius 3 is 2.69 bits per heavy atom. The summed E-state index contributed by atoms with van der Waals surface area (Å²) in [4.78, 5) is 22.8. The third-order valence-corrected chi connectivity index (χ3v) is 9.41. The summed E-state index contributed by atoms with van der Waals surface area (Å²) >= 11 is 8.27. The molecule has 1 atom stereocenters. The van der Waals surface area contributed by atoms with Crippen LogP contribution in [-0.4, -0.2) is 43.5 Å². The summed E-state index contributed by atoms with van der Waals surface area (Å²) in [5.74, 6) is 1.67. The maximum absolute atomic E-state index is 6.75. The number of aromatic nitrogens is 5. The summed E-state index contributed by atoms with van der Waals surface area (Å²) in [5.41, 5.74) is 10.1. The third-order valence-electron chi connectivity index (χ3n) is 7.85. The van der Waals surface area contributed by atoms with Crippen LogP contribution in [0.5, 0.6) is 0 Å². The number of hydrogen-bond acceptors (Lipinski definition) is 8. The molecule has 1 saturated heterocycles. The molecule has 184 valence electrons. The lowest BCUT2D eigenvalue weighted by Crippen LogP contribution is -2.45. The van der Waals surface area contributed by atoms with Gasteiger partial charge in [-0.2, -0.15) is 0 Å². The lowest BCUT2D eigenvalue weighted by Gasteiger charge is -2.42. The highest BCUT2D eigenvalue weighted by Crippen LogP contribution is 2.50. The van der Waals surface area contributed by atoms with E-state index >= 15 is 0 Å². The van der Waals surface area contributed by atoms with Gasteiger partial charge < -0.3 is 16.0 Å². The SMILES string of the molecule is N[C@@H]1c2cccnc2CC12CCN(c1ncc(Sc3ccnc(NC4CC4)c3Cl)c3nccn13)CC2. The van der Waals surface area contributed by atoms with Gasteiger partial charge in [-0.05, 0) is 55.2 Å². The van der Waals surface area contributed by atoms with Gasteiger partial charge in [-0.1, -0.05) is 29.4 Å². The topological polar surface area (TPSA) is 97.3 Å². The fraction of sp³-hybridized carbons (Fsp3) is 0.385. The van der Waals surface area contributed by atoms with Crippen molar-refractivity contribution in [1.29, 1.82) is 0 Å². The number of anilines is 2. The largest absolute Gasteiger partial charge is 0.366 e. The first-order valence-corrected chi connectivity index (χ1v) is 13.7. The Kier molecular flexibility index (Phi) is 5.34. The fourth-order valence-corrected chi connectivity index (χ4v) is 6.81. The van der Waals surface area contributed by atoms with Crippen molar-refractivity contribution in [2.24, 2.45) is 11.1 Å². The van der Waals surface area contributed by atoms with Crippen LogP contribution in [0.15, 0.2) is 59.0 Å². The van der Waals surface area contributed by atoms with Crippen LogP contribution in [0.1, 0.15) is 43.0 Å². The van der Waals surface area contributed by atoms with E-state index in [1.165, 1.54) is 24.1 Å². The van der Waals surface area contributed by atoms with E-state index in [1.54, 1.807) is 18.0 Å². The van der Waals surface area contributed by atoms with Crippen molar-refractivity contribution in [3.63, 3.8) is 0 Å². The summed E-state index contributed by atoms with van der Waals surface area (Å²) < 4.78 is 2.09. The minimum Gasteiger partial charge on any atom is -0.366 e. The Labute approximate surface area is 218 Å². The number of imidazole rings is 1. The quantitative estimate of drug-likeness (QED) is 0.391. The molecule has 1 saturated carbocycles. The van der Waals surface area contributed by atoms with Crippen LogP contribution in [-0.2, 0) is 6.42 Å². The Morgan fingerprint density at radius 1 is 1.03 bits per heavy atom. The predicted octanol–water partition coefficient (Wildman–Crippen LogP) is 4.74. The van der Waals surface area contributed by atoms with E-state index in [1.807, 2.05) is 36.9 Å². The summed E-state index contributed by atoms with van der Waals surface area (Å²) in [6.45, 7) is 1.81. The molecule has 7 rings (SSSR count). The third kappa shape index (κ3) is 3.72. The molecule has 0 amide bonds. The van der Waals surface area contributed by atoms with Crippen LogP contribution in [0.25, 0.3) is 5.65 Å². The molecule has 5 heterocycles. The van der Waals surface area contributed by atoms with Crippen molar-refractivity contribution >= 4 is 40.8 Å². The second kappa shape index (κ2) is 8.61. The standard InChI is InChI=1S/C26H27ClN8S/c27-21-19(5-9-30-23(21)33-16-3-4-16)36-20-15-32-25(35-13-10-31-24(20)35)34-11-6-26(7-12-34)14-18-17(22(26)28)2-1-8-29-18/h1-2,5,8-10,13,15-16,22H,3-4,6-7,11-12,14,28H2,(H,30,33)/t22-/m1/s1. The molecule has 36 heavy (non-hydrogen) atoms. The first-order valence-electron chi connectivity index (χ1n) is 12.5. The van der Waals surface area contributed by atoms with Crippen LogP contribution >= 0.6 is 23.4 Å². The molecule has 1 aliphatic heterocycles. The average molecular weight is 519 g/mol. The Hall–Kier alpha value is -2.88. The number of halogens is 1. The molecule has 0 bridgehead atoms. The molecular formula is C26H27ClN8S. The van der Waals surface area contributed by atoms with Gasteiger partial charge in [-0.15, -0.1) is 0 Å². The van der Waals surface area contributed by atoms with E-state index < -0.39 is 0 Å². The molecular weight excluding hydrogens is 492 g/mol. The van der Waals surface area contributed by atoms with E-state index in [9.17, 15) is 0 Å². The van der Waals surface area contributed by atoms with E-state index in [0.29, 0.717) is 11.1 Å². The Bertz CT molecular complexity index is 1440. The van der Waals surface area contributed by atoms with Crippen molar-refractivity contribution in [3.05, 3.63) is 65.5 Å². The molecule has 10 heteroatoms. The highest BCUT2D eigenvalue weighted by atomic mass is 35.5. The van der Waals surface area contributed by atoms with Gasteiger partial charge in [0.25, 0.3) is 0 Å². The average Bonchev–Trinajstić information content (AvgIpc) is 3.50. The summed E-state index contributed by atoms with van der Waals surface area (Å²) in [6, 6.07) is 6.62. The molecule has 0 aromatic carbocycles. The first-order chi connectivity index (χ1) is 17.6. The number of nitrogens with two attached hydrogens (primary N) is 1. The van der Waals surface area contributed by atoms with E-state index in [4.69, 9.17) is 22.3 Å². The molecule has 2 fully saturated rings. The zero-order valence-corrected chi connectivity index (χ0v) is 21.3. The molecule has 0 unspecified atom stereocenters. The van der Waals surface area contributed by atoms with Gasteiger partial charge in [-0.25, -0.2) is 15.0 Å². The predicted molar refractivity (Wildman–Crippen MR) is 142 cm³/mol. The van der Waals surface area contributed by atoms with Gasteiger partial charge in [0, 0.05) is 66.7 Å². The van der Waals surface area contributed by atoms with Crippen molar-refractivity contribution < 1.29 is 0 Å². The highest BCUT2D eigenvalue weighted by molar-refractivity contribution is 7.99. The van der Waals surface area contributed by atoms with Gasteiger partial charge in [0.1, 0.15) is 5.82 Å². The van der Waals surface area contributed by atoms with Crippen molar-refractivity contribution in [2.75, 3.05) is 23.3 Å². The number of fused-ring (bicyclic) bond motifs is 2. The first kappa shape index (κ1) is 22.3. The summed E-state index contributed by atoms with van der Waals surface area (Å²) in [5, 5.41) is 4.06. The van der Waals surface area contributed by atoms with Gasteiger partial charge >= 0.3 is 0 Å². The van der Waals surface area contributed by atoms with Crippen LogP contribution in [0.2, 0.25) is 5.02 Å². The lowest BCUT2D eigenvalue weighted by atomic mass is 9.73. The fourth-order valence-electron chi connectivity index (χ4n) is 5.63. The molecule has 4 aromatic heterocycles. The molecule has 1 spiro atoms. The molecule has 8 nitrogen and oxygen atoms in total. The molecule has 4 aromatic rings. The monoisotopic (exact) mass is 518 g/mol. The molecule has 0 radical (unpaired) electrons. The second-order valence-corrected chi connectivity index (χ2v) is 11.5. The normalized spacial score (nSPS) is 20.7. The maximum atomic E-state index is 6.75. The summed E-state index contributed by atoms with van der Waals surface area (Å²) in [7, 11) is 0. The second-order valence-electron chi connectivity index (χ2n) is 10.1.